The first-order valence-corrected chi connectivity index (χ1v) is 11.5. The summed E-state index contributed by atoms with van der Waals surface area (Å²) in [5.41, 5.74) is 1.45. The first kappa shape index (κ1) is 25.0. The van der Waals surface area contributed by atoms with E-state index in [4.69, 9.17) is 9.47 Å². The third kappa shape index (κ3) is 7.73. The Morgan fingerprint density at radius 1 is 1.22 bits per heavy atom. The summed E-state index contributed by atoms with van der Waals surface area (Å²) in [6.07, 6.45) is -3.33. The summed E-state index contributed by atoms with van der Waals surface area (Å²) in [6, 6.07) is 0. The molecule has 0 spiro atoms. The summed E-state index contributed by atoms with van der Waals surface area (Å²) in [6.45, 7) is 6.49. The number of carbonyl (C=O) groups excluding carboxylic acids is 1. The van der Waals surface area contributed by atoms with E-state index < -0.39 is 30.1 Å². The molecule has 3 heterocycles. The van der Waals surface area contributed by atoms with Gasteiger partial charge in [-0.15, -0.1) is 0 Å². The highest BCUT2D eigenvalue weighted by molar-refractivity contribution is 7.13. The molecule has 1 aromatic heterocycles. The first-order valence-electron chi connectivity index (χ1n) is 10.6. The van der Waals surface area contributed by atoms with E-state index in [9.17, 15) is 18.0 Å². The zero-order valence-electron chi connectivity index (χ0n) is 18.6. The number of piperidine rings is 1. The van der Waals surface area contributed by atoms with Crippen molar-refractivity contribution >= 4 is 17.4 Å². The highest BCUT2D eigenvalue weighted by Gasteiger charge is 2.36. The minimum absolute atomic E-state index is 0.0287. The van der Waals surface area contributed by atoms with Crippen LogP contribution in [0.5, 0.6) is 5.19 Å². The molecule has 1 aromatic rings. The molecule has 182 valence electrons. The molecular weight excluding hydrogens is 452 g/mol. The first-order chi connectivity index (χ1) is 14.8. The molecule has 0 bridgehead atoms. The predicted molar refractivity (Wildman–Crippen MR) is 111 cm³/mol. The third-order valence-electron chi connectivity index (χ3n) is 5.33. The highest BCUT2D eigenvalue weighted by Crippen LogP contribution is 2.33. The topological polar surface area (TPSA) is 66.9 Å². The number of hydrogen-bond acceptors (Lipinski definition) is 7. The van der Waals surface area contributed by atoms with Crippen LogP contribution in [0.2, 0.25) is 0 Å². The van der Waals surface area contributed by atoms with Crippen LogP contribution in [0.1, 0.15) is 50.6 Å². The van der Waals surface area contributed by atoms with Gasteiger partial charge in [0, 0.05) is 37.6 Å². The minimum atomic E-state index is -4.40. The van der Waals surface area contributed by atoms with Crippen LogP contribution in [0.25, 0.3) is 0 Å². The number of fused-ring (bicyclic) bond motifs is 1. The van der Waals surface area contributed by atoms with Crippen molar-refractivity contribution in [1.82, 2.24) is 20.3 Å². The molecule has 0 aliphatic carbocycles. The van der Waals surface area contributed by atoms with Gasteiger partial charge < -0.3 is 9.47 Å². The van der Waals surface area contributed by atoms with Crippen LogP contribution in [0.4, 0.5) is 22.4 Å². The molecule has 0 radical (unpaired) electrons. The van der Waals surface area contributed by atoms with Crippen molar-refractivity contribution in [3.63, 3.8) is 0 Å². The van der Waals surface area contributed by atoms with Crippen molar-refractivity contribution in [2.75, 3.05) is 32.8 Å². The molecule has 12 heteroatoms. The second-order valence-corrected chi connectivity index (χ2v) is 10.3. The highest BCUT2D eigenvalue weighted by atomic mass is 32.1. The number of amides is 1. The summed E-state index contributed by atoms with van der Waals surface area (Å²) in [4.78, 5) is 19.0. The predicted octanol–water partition coefficient (Wildman–Crippen LogP) is 4.08. The van der Waals surface area contributed by atoms with E-state index >= 15 is 4.39 Å². The van der Waals surface area contributed by atoms with Gasteiger partial charge >= 0.3 is 12.3 Å². The van der Waals surface area contributed by atoms with Crippen molar-refractivity contribution in [1.29, 1.82) is 0 Å². The molecule has 0 saturated carbocycles. The van der Waals surface area contributed by atoms with Gasteiger partial charge in [0.05, 0.1) is 5.69 Å². The Hall–Kier alpha value is -1.66. The zero-order valence-corrected chi connectivity index (χ0v) is 19.4. The second kappa shape index (κ2) is 9.68. The molecule has 3 rings (SSSR count). The van der Waals surface area contributed by atoms with Crippen LogP contribution < -0.4 is 10.2 Å². The monoisotopic (exact) mass is 482 g/mol. The van der Waals surface area contributed by atoms with Crippen LogP contribution in [0.3, 0.4) is 0 Å². The Kier molecular flexibility index (Phi) is 7.55. The molecule has 32 heavy (non-hydrogen) atoms. The maximum absolute atomic E-state index is 15.3. The van der Waals surface area contributed by atoms with Crippen LogP contribution in [-0.4, -0.2) is 71.2 Å². The fourth-order valence-corrected chi connectivity index (χ4v) is 4.59. The smallest absolute Gasteiger partial charge is 0.422 e. The van der Waals surface area contributed by atoms with Gasteiger partial charge in [0.2, 0.25) is 0 Å². The molecular formula is C20H30F4N4O3S. The maximum Gasteiger partial charge on any atom is 0.422 e. The number of rotatable bonds is 6. The van der Waals surface area contributed by atoms with E-state index in [0.717, 1.165) is 16.2 Å². The van der Waals surface area contributed by atoms with Gasteiger partial charge in [0.15, 0.2) is 6.61 Å². The van der Waals surface area contributed by atoms with Crippen molar-refractivity contribution in [3.8, 4) is 5.19 Å². The van der Waals surface area contributed by atoms with E-state index in [0.29, 0.717) is 64.1 Å². The molecule has 1 saturated heterocycles. The van der Waals surface area contributed by atoms with Gasteiger partial charge in [0.25, 0.3) is 5.19 Å². The van der Waals surface area contributed by atoms with Gasteiger partial charge in [-0.2, -0.15) is 13.2 Å². The number of carbonyl (C=O) groups is 1. The molecule has 0 aromatic carbocycles. The lowest BCUT2D eigenvalue weighted by Gasteiger charge is -2.38. The van der Waals surface area contributed by atoms with E-state index in [2.05, 4.69) is 15.3 Å². The Balaban J connectivity index is 1.42. The van der Waals surface area contributed by atoms with E-state index in [1.54, 1.807) is 25.8 Å². The quantitative estimate of drug-likeness (QED) is 0.617. The van der Waals surface area contributed by atoms with Crippen molar-refractivity contribution in [2.24, 2.45) is 0 Å². The van der Waals surface area contributed by atoms with Gasteiger partial charge in [-0.25, -0.2) is 19.2 Å². The fraction of sp³-hybridized carbons (Fsp3) is 0.800. The number of halogens is 4. The average Bonchev–Trinajstić information content (AvgIpc) is 3.07. The lowest BCUT2D eigenvalue weighted by atomic mass is 9.90. The minimum Gasteiger partial charge on any atom is -0.460 e. The van der Waals surface area contributed by atoms with Gasteiger partial charge in [0.1, 0.15) is 11.3 Å². The maximum atomic E-state index is 15.3. The molecule has 2 aliphatic rings. The Bertz CT molecular complexity index is 789. The van der Waals surface area contributed by atoms with E-state index in [1.807, 2.05) is 0 Å². The molecule has 1 amide bonds. The lowest BCUT2D eigenvalue weighted by molar-refractivity contribution is -0.153. The number of aromatic nitrogens is 1. The molecule has 0 unspecified atom stereocenters. The standard InChI is InChI=1S/C20H30F4N4O3S/c1-18(2,3)31-16(29)26-28-10-6-19(21,7-11-28)5-9-27-8-4-15-14(12-27)25-17(32-15)30-13-20(22,23)24/h4-13H2,1-3H3,(H,26,29). The number of ether oxygens (including phenoxy) is 2. The van der Waals surface area contributed by atoms with Crippen LogP contribution in [-0.2, 0) is 17.7 Å². The number of alkyl halides is 4. The summed E-state index contributed by atoms with van der Waals surface area (Å²) >= 11 is 1.15. The van der Waals surface area contributed by atoms with Crippen molar-refractivity contribution in [2.45, 2.75) is 70.4 Å². The lowest BCUT2D eigenvalue weighted by Crippen LogP contribution is -2.52. The normalized spacial score (nSPS) is 20.0. The number of thiazole rings is 1. The summed E-state index contributed by atoms with van der Waals surface area (Å²) in [5, 5.41) is 1.71. The summed E-state index contributed by atoms with van der Waals surface area (Å²) < 4.78 is 62.2. The number of hydrogen-bond donors (Lipinski definition) is 1. The largest absolute Gasteiger partial charge is 0.460 e. The Morgan fingerprint density at radius 2 is 1.91 bits per heavy atom. The third-order valence-corrected chi connectivity index (χ3v) is 6.40. The summed E-state index contributed by atoms with van der Waals surface area (Å²) in [7, 11) is 0. The van der Waals surface area contributed by atoms with Gasteiger partial charge in [-0.3, -0.25) is 10.3 Å². The molecule has 1 fully saturated rings. The molecule has 1 N–H and O–H groups in total. The van der Waals surface area contributed by atoms with Crippen molar-refractivity contribution < 1.29 is 31.8 Å². The Labute approximate surface area is 189 Å². The second-order valence-electron chi connectivity index (χ2n) is 9.28. The zero-order chi connectivity index (χ0) is 23.6. The van der Waals surface area contributed by atoms with Crippen molar-refractivity contribution in [3.05, 3.63) is 10.6 Å². The van der Waals surface area contributed by atoms with Gasteiger partial charge in [-0.1, -0.05) is 11.3 Å². The van der Waals surface area contributed by atoms with Gasteiger partial charge in [-0.05, 0) is 46.5 Å². The molecule has 0 atom stereocenters. The molecule has 7 nitrogen and oxygen atoms in total. The Morgan fingerprint density at radius 3 is 2.53 bits per heavy atom. The van der Waals surface area contributed by atoms with Crippen LogP contribution in [0, 0.1) is 0 Å². The number of nitrogens with zero attached hydrogens (tertiary/aromatic N) is 3. The summed E-state index contributed by atoms with van der Waals surface area (Å²) in [5.74, 6) is 0. The van der Waals surface area contributed by atoms with Crippen LogP contribution >= 0.6 is 11.3 Å². The van der Waals surface area contributed by atoms with E-state index in [1.165, 1.54) is 0 Å². The average molecular weight is 483 g/mol. The SMILES string of the molecule is CC(C)(C)OC(=O)NN1CCC(F)(CCN2CCc3sc(OCC(F)(F)F)nc3C2)CC1. The molecule has 2 aliphatic heterocycles. The number of nitrogens with one attached hydrogen (secondary N) is 1. The van der Waals surface area contributed by atoms with Crippen LogP contribution in [0.15, 0.2) is 0 Å². The number of hydrazine groups is 1. The van der Waals surface area contributed by atoms with E-state index in [-0.39, 0.29) is 5.19 Å². The fourth-order valence-electron chi connectivity index (χ4n) is 3.68.